The molecule has 0 saturated carbocycles. The number of nitrogens with zero attached hydrogens (tertiary/aromatic N) is 1. The van der Waals surface area contributed by atoms with Crippen molar-refractivity contribution >= 4 is 44.8 Å². The third-order valence-corrected chi connectivity index (χ3v) is 5.52. The third kappa shape index (κ3) is 5.83. The normalized spacial score (nSPS) is 12.1. The lowest BCUT2D eigenvalue weighted by atomic mass is 9.93. The average Bonchev–Trinajstić information content (AvgIpc) is 2.43. The van der Waals surface area contributed by atoms with E-state index in [-0.39, 0.29) is 35.4 Å². The summed E-state index contributed by atoms with van der Waals surface area (Å²) in [7, 11) is -3.65. The highest BCUT2D eigenvalue weighted by Gasteiger charge is 2.25. The molecule has 0 fully saturated rings. The molecule has 0 heterocycles. The Kier molecular flexibility index (Phi) is 7.38. The molecule has 24 heavy (non-hydrogen) atoms. The lowest BCUT2D eigenvalue weighted by molar-refractivity contribution is -0.121. The van der Waals surface area contributed by atoms with E-state index in [1.807, 2.05) is 27.7 Å². The minimum atomic E-state index is -3.65. The zero-order chi connectivity index (χ0) is 18.7. The number of hydrogen-bond acceptors (Lipinski definition) is 3. The van der Waals surface area contributed by atoms with Gasteiger partial charge in [-0.05, 0) is 30.0 Å². The Morgan fingerprint density at radius 1 is 1.12 bits per heavy atom. The van der Waals surface area contributed by atoms with Crippen molar-refractivity contribution in [2.24, 2.45) is 11.8 Å². The molecule has 0 bridgehead atoms. The van der Waals surface area contributed by atoms with Crippen molar-refractivity contribution in [3.8, 4) is 0 Å². The van der Waals surface area contributed by atoms with Crippen LogP contribution in [0.25, 0.3) is 0 Å². The molecule has 0 radical (unpaired) electrons. The fraction of sp³-hybridized carbons (Fsp3) is 0.562. The quantitative estimate of drug-likeness (QED) is 0.768. The van der Waals surface area contributed by atoms with Crippen LogP contribution < -0.4 is 9.62 Å². The fourth-order valence-electron chi connectivity index (χ4n) is 2.51. The highest BCUT2D eigenvalue weighted by atomic mass is 35.5. The number of carbonyl (C=O) groups excluding carboxylic acids is 1. The second-order valence-corrected chi connectivity index (χ2v) is 9.17. The molecule has 1 rings (SSSR count). The standard InChI is InChI=1S/C16H24Cl2N2O3S/c1-10(2)16(11(3)4)19-15(21)9-20(24(5,22)23)12-6-7-13(17)14(18)8-12/h6-8,10-11,16H,9H2,1-5H3,(H,19,21). The molecule has 0 aliphatic carbocycles. The number of anilines is 1. The molecule has 1 N–H and O–H groups in total. The lowest BCUT2D eigenvalue weighted by Crippen LogP contribution is -2.47. The van der Waals surface area contributed by atoms with E-state index in [0.717, 1.165) is 10.6 Å². The van der Waals surface area contributed by atoms with E-state index >= 15 is 0 Å². The van der Waals surface area contributed by atoms with Gasteiger partial charge in [-0.3, -0.25) is 9.10 Å². The maximum Gasteiger partial charge on any atom is 0.241 e. The number of hydrogen-bond donors (Lipinski definition) is 1. The molecule has 0 aliphatic rings. The summed E-state index contributed by atoms with van der Waals surface area (Å²) in [5.74, 6) is 0.120. The number of sulfonamides is 1. The molecule has 1 aromatic rings. The SMILES string of the molecule is CC(C)C(NC(=O)CN(c1ccc(Cl)c(Cl)c1)S(C)(=O)=O)C(C)C. The van der Waals surface area contributed by atoms with Crippen LogP contribution in [0.2, 0.25) is 10.0 Å². The van der Waals surface area contributed by atoms with Crippen LogP contribution in [0.1, 0.15) is 27.7 Å². The van der Waals surface area contributed by atoms with Crippen LogP contribution in [0.5, 0.6) is 0 Å². The maximum absolute atomic E-state index is 12.4. The molecule has 0 aromatic heterocycles. The van der Waals surface area contributed by atoms with Crippen molar-refractivity contribution in [1.29, 1.82) is 0 Å². The Bertz CT molecular complexity index is 683. The van der Waals surface area contributed by atoms with Gasteiger partial charge in [0.2, 0.25) is 15.9 Å². The predicted octanol–water partition coefficient (Wildman–Crippen LogP) is 3.56. The monoisotopic (exact) mass is 394 g/mol. The first kappa shape index (κ1) is 21.1. The van der Waals surface area contributed by atoms with Crippen molar-refractivity contribution in [3.05, 3.63) is 28.2 Å². The van der Waals surface area contributed by atoms with E-state index in [4.69, 9.17) is 23.2 Å². The smallest absolute Gasteiger partial charge is 0.241 e. The zero-order valence-electron chi connectivity index (χ0n) is 14.5. The second kappa shape index (κ2) is 8.41. The van der Waals surface area contributed by atoms with Crippen LogP contribution >= 0.6 is 23.2 Å². The summed E-state index contributed by atoms with van der Waals surface area (Å²) in [5.41, 5.74) is 0.299. The van der Waals surface area contributed by atoms with Gasteiger partial charge in [0.1, 0.15) is 6.54 Å². The molecule has 0 unspecified atom stereocenters. The van der Waals surface area contributed by atoms with Crippen molar-refractivity contribution < 1.29 is 13.2 Å². The van der Waals surface area contributed by atoms with Crippen LogP contribution in [0, 0.1) is 11.8 Å². The van der Waals surface area contributed by atoms with Gasteiger partial charge in [-0.15, -0.1) is 0 Å². The van der Waals surface area contributed by atoms with E-state index < -0.39 is 10.0 Å². The largest absolute Gasteiger partial charge is 0.351 e. The van der Waals surface area contributed by atoms with E-state index in [9.17, 15) is 13.2 Å². The van der Waals surface area contributed by atoms with E-state index in [2.05, 4.69) is 5.32 Å². The molecule has 136 valence electrons. The predicted molar refractivity (Wildman–Crippen MR) is 100 cm³/mol. The first-order chi connectivity index (χ1) is 10.9. The zero-order valence-corrected chi connectivity index (χ0v) is 16.8. The lowest BCUT2D eigenvalue weighted by Gasteiger charge is -2.28. The maximum atomic E-state index is 12.4. The molecular formula is C16H24Cl2N2O3S. The molecule has 0 saturated heterocycles. The van der Waals surface area contributed by atoms with Crippen LogP contribution in [0.3, 0.4) is 0 Å². The Hall–Kier alpha value is -0.980. The van der Waals surface area contributed by atoms with Gasteiger partial charge in [-0.25, -0.2) is 8.42 Å². The first-order valence-electron chi connectivity index (χ1n) is 7.65. The Labute approximate surface area is 154 Å². The Morgan fingerprint density at radius 2 is 1.67 bits per heavy atom. The van der Waals surface area contributed by atoms with Gasteiger partial charge in [-0.1, -0.05) is 50.9 Å². The minimum Gasteiger partial charge on any atom is -0.351 e. The molecule has 8 heteroatoms. The van der Waals surface area contributed by atoms with Gasteiger partial charge in [0.05, 0.1) is 22.0 Å². The number of carbonyl (C=O) groups is 1. The third-order valence-electron chi connectivity index (χ3n) is 3.64. The number of nitrogens with one attached hydrogen (secondary N) is 1. The number of amides is 1. The van der Waals surface area contributed by atoms with Gasteiger partial charge in [0.25, 0.3) is 0 Å². The van der Waals surface area contributed by atoms with Crippen molar-refractivity contribution in [2.45, 2.75) is 33.7 Å². The van der Waals surface area contributed by atoms with Gasteiger partial charge in [0.15, 0.2) is 0 Å². The van der Waals surface area contributed by atoms with Crippen molar-refractivity contribution in [2.75, 3.05) is 17.1 Å². The van der Waals surface area contributed by atoms with E-state index in [1.165, 1.54) is 18.2 Å². The van der Waals surface area contributed by atoms with Crippen LogP contribution in [0.4, 0.5) is 5.69 Å². The molecule has 0 aliphatic heterocycles. The van der Waals surface area contributed by atoms with E-state index in [1.54, 1.807) is 0 Å². The molecular weight excluding hydrogens is 371 g/mol. The van der Waals surface area contributed by atoms with Crippen molar-refractivity contribution in [1.82, 2.24) is 5.32 Å². The second-order valence-electron chi connectivity index (χ2n) is 6.45. The molecule has 0 atom stereocenters. The number of rotatable bonds is 7. The van der Waals surface area contributed by atoms with Gasteiger partial charge in [-0.2, -0.15) is 0 Å². The van der Waals surface area contributed by atoms with Crippen molar-refractivity contribution in [3.63, 3.8) is 0 Å². The Balaban J connectivity index is 3.03. The summed E-state index contributed by atoms with van der Waals surface area (Å²) in [6.07, 6.45) is 1.05. The van der Waals surface area contributed by atoms with Gasteiger partial charge < -0.3 is 5.32 Å². The van der Waals surface area contributed by atoms with Crippen LogP contribution in [-0.2, 0) is 14.8 Å². The summed E-state index contributed by atoms with van der Waals surface area (Å²) >= 11 is 11.8. The van der Waals surface area contributed by atoms with E-state index in [0.29, 0.717) is 10.7 Å². The van der Waals surface area contributed by atoms with Gasteiger partial charge in [0, 0.05) is 6.04 Å². The number of halogens is 2. The topological polar surface area (TPSA) is 66.5 Å². The van der Waals surface area contributed by atoms with Crippen LogP contribution in [0.15, 0.2) is 18.2 Å². The number of benzene rings is 1. The summed E-state index contributed by atoms with van der Waals surface area (Å²) < 4.78 is 25.2. The summed E-state index contributed by atoms with van der Waals surface area (Å²) in [4.78, 5) is 12.4. The molecule has 0 spiro atoms. The fourth-order valence-corrected chi connectivity index (χ4v) is 3.65. The molecule has 1 aromatic carbocycles. The Morgan fingerprint density at radius 3 is 2.08 bits per heavy atom. The first-order valence-corrected chi connectivity index (χ1v) is 10.3. The summed E-state index contributed by atoms with van der Waals surface area (Å²) in [6, 6.07) is 4.42. The summed E-state index contributed by atoms with van der Waals surface area (Å²) in [5, 5.41) is 3.45. The average molecular weight is 395 g/mol. The van der Waals surface area contributed by atoms with Crippen LogP contribution in [-0.4, -0.2) is 33.2 Å². The highest BCUT2D eigenvalue weighted by Crippen LogP contribution is 2.28. The minimum absolute atomic E-state index is 0.0345. The molecule has 5 nitrogen and oxygen atoms in total. The summed E-state index contributed by atoms with van der Waals surface area (Å²) in [6.45, 7) is 7.74. The van der Waals surface area contributed by atoms with Gasteiger partial charge >= 0.3 is 0 Å². The highest BCUT2D eigenvalue weighted by molar-refractivity contribution is 7.92. The molecule has 1 amide bonds.